The summed E-state index contributed by atoms with van der Waals surface area (Å²) in [6, 6.07) is 1.90. The molecule has 0 spiro atoms. The summed E-state index contributed by atoms with van der Waals surface area (Å²) >= 11 is 0. The first-order chi connectivity index (χ1) is 8.06. The van der Waals surface area contributed by atoms with Gasteiger partial charge in [-0.05, 0) is 25.8 Å². The molecule has 1 aromatic heterocycles. The monoisotopic (exact) mass is 235 g/mol. The highest BCUT2D eigenvalue weighted by atomic mass is 16.5. The average Bonchev–Trinajstić information content (AvgIpc) is 2.87. The first-order valence-electron chi connectivity index (χ1n) is 6.41. The van der Waals surface area contributed by atoms with Crippen molar-refractivity contribution in [2.75, 3.05) is 0 Å². The van der Waals surface area contributed by atoms with Crippen molar-refractivity contribution in [3.8, 4) is 0 Å². The quantitative estimate of drug-likeness (QED) is 0.751. The lowest BCUT2D eigenvalue weighted by atomic mass is 10.0. The van der Waals surface area contributed by atoms with Crippen molar-refractivity contribution in [1.82, 2.24) is 4.57 Å². The minimum atomic E-state index is 0.0635. The lowest BCUT2D eigenvalue weighted by molar-refractivity contribution is 0.0458. The molecule has 2 rings (SSSR count). The molecule has 1 saturated heterocycles. The van der Waals surface area contributed by atoms with E-state index >= 15 is 0 Å². The van der Waals surface area contributed by atoms with Gasteiger partial charge in [0.1, 0.15) is 0 Å². The number of nitrogens with zero attached hydrogens (tertiary/aromatic N) is 1. The van der Waals surface area contributed by atoms with Gasteiger partial charge in [-0.1, -0.05) is 13.8 Å². The zero-order chi connectivity index (χ0) is 12.4. The van der Waals surface area contributed by atoms with E-state index in [1.54, 1.807) is 0 Å². The lowest BCUT2D eigenvalue weighted by Crippen LogP contribution is -2.15. The molecule has 2 atom stereocenters. The predicted molar refractivity (Wildman–Crippen MR) is 67.2 cm³/mol. The molecule has 0 amide bonds. The highest BCUT2D eigenvalue weighted by molar-refractivity contribution is 5.97. The van der Waals surface area contributed by atoms with E-state index in [4.69, 9.17) is 4.74 Å². The van der Waals surface area contributed by atoms with E-state index in [-0.39, 0.29) is 11.7 Å². The lowest BCUT2D eigenvalue weighted by Gasteiger charge is -2.11. The minimum Gasteiger partial charge on any atom is -0.373 e. The Morgan fingerprint density at radius 2 is 2.29 bits per heavy atom. The average molecular weight is 235 g/mol. The van der Waals surface area contributed by atoms with Crippen molar-refractivity contribution in [2.45, 2.75) is 52.4 Å². The van der Waals surface area contributed by atoms with Gasteiger partial charge in [-0.15, -0.1) is 0 Å². The molecule has 3 nitrogen and oxygen atoms in total. The van der Waals surface area contributed by atoms with Crippen LogP contribution in [0.4, 0.5) is 0 Å². The Bertz CT molecular complexity index is 395. The maximum atomic E-state index is 11.8. The molecule has 2 unspecified atom stereocenters. The molecule has 17 heavy (non-hydrogen) atoms. The fourth-order valence-electron chi connectivity index (χ4n) is 2.29. The third-order valence-corrected chi connectivity index (χ3v) is 3.29. The number of ketones is 1. The summed E-state index contributed by atoms with van der Waals surface area (Å²) in [5.74, 6) is 0.276. The maximum Gasteiger partial charge on any atom is 0.166 e. The van der Waals surface area contributed by atoms with Gasteiger partial charge >= 0.3 is 0 Å². The van der Waals surface area contributed by atoms with Crippen LogP contribution in [-0.4, -0.2) is 22.6 Å². The van der Waals surface area contributed by atoms with Gasteiger partial charge in [0.2, 0.25) is 0 Å². The predicted octanol–water partition coefficient (Wildman–Crippen LogP) is 2.89. The third-order valence-electron chi connectivity index (χ3n) is 3.29. The van der Waals surface area contributed by atoms with Crippen molar-refractivity contribution >= 4 is 5.78 Å². The molecule has 0 aliphatic carbocycles. The molecule has 0 N–H and O–H groups in total. The highest BCUT2D eigenvalue weighted by Gasteiger charge is 2.22. The topological polar surface area (TPSA) is 31.2 Å². The molecule has 0 aromatic carbocycles. The molecule has 1 aromatic rings. The number of ether oxygens (including phenoxy) is 1. The summed E-state index contributed by atoms with van der Waals surface area (Å²) in [6.07, 6.45) is 6.86. The van der Waals surface area contributed by atoms with Crippen molar-refractivity contribution < 1.29 is 9.53 Å². The Kier molecular flexibility index (Phi) is 3.67. The summed E-state index contributed by atoms with van der Waals surface area (Å²) in [5, 5.41) is 0. The zero-order valence-corrected chi connectivity index (χ0v) is 10.8. The molecule has 0 saturated carbocycles. The van der Waals surface area contributed by atoms with Crippen molar-refractivity contribution in [3.63, 3.8) is 0 Å². The van der Waals surface area contributed by atoms with Gasteiger partial charge in [0, 0.05) is 30.4 Å². The van der Waals surface area contributed by atoms with E-state index in [0.29, 0.717) is 12.2 Å². The van der Waals surface area contributed by atoms with Crippen LogP contribution in [0.5, 0.6) is 0 Å². The molecule has 94 valence electrons. The summed E-state index contributed by atoms with van der Waals surface area (Å²) in [7, 11) is 0. The van der Waals surface area contributed by atoms with Crippen LogP contribution in [0.15, 0.2) is 18.5 Å². The Labute approximate surface area is 103 Å². The van der Waals surface area contributed by atoms with Gasteiger partial charge in [-0.25, -0.2) is 0 Å². The van der Waals surface area contributed by atoms with E-state index < -0.39 is 0 Å². The molecule has 0 radical (unpaired) electrons. The first-order valence-corrected chi connectivity index (χ1v) is 6.41. The summed E-state index contributed by atoms with van der Waals surface area (Å²) < 4.78 is 7.84. The van der Waals surface area contributed by atoms with Crippen LogP contribution in [0.3, 0.4) is 0 Å². The Hall–Kier alpha value is -1.09. The van der Waals surface area contributed by atoms with Gasteiger partial charge in [-0.3, -0.25) is 4.79 Å². The number of carbonyl (C=O) groups is 1. The van der Waals surface area contributed by atoms with E-state index in [1.165, 1.54) is 0 Å². The number of aromatic nitrogens is 1. The largest absolute Gasteiger partial charge is 0.373 e. The number of Topliss-reactive ketones (excluding diaryl/α,β-unsaturated/α-hetero) is 1. The van der Waals surface area contributed by atoms with E-state index in [1.807, 2.05) is 32.3 Å². The number of hydrogen-bond acceptors (Lipinski definition) is 2. The van der Waals surface area contributed by atoms with Crippen LogP contribution in [0, 0.1) is 5.92 Å². The van der Waals surface area contributed by atoms with Crippen LogP contribution in [0.2, 0.25) is 0 Å². The first kappa shape index (κ1) is 12.4. The molecule has 0 bridgehead atoms. The fraction of sp³-hybridized carbons (Fsp3) is 0.643. The molecule has 1 fully saturated rings. The second-order valence-electron chi connectivity index (χ2n) is 5.26. The summed E-state index contributed by atoms with van der Waals surface area (Å²) in [4.78, 5) is 11.8. The minimum absolute atomic E-state index is 0.0635. The second kappa shape index (κ2) is 5.05. The summed E-state index contributed by atoms with van der Waals surface area (Å²) in [6.45, 7) is 6.84. The standard InChI is InChI=1S/C14H21NO2/c1-10(2)14(16)12-6-7-15(8-12)9-13-5-4-11(3)17-13/h6-8,10-11,13H,4-5,9H2,1-3H3. The Balaban J connectivity index is 1.96. The van der Waals surface area contributed by atoms with E-state index in [2.05, 4.69) is 11.5 Å². The zero-order valence-electron chi connectivity index (χ0n) is 10.8. The Morgan fingerprint density at radius 1 is 1.53 bits per heavy atom. The number of rotatable bonds is 4. The van der Waals surface area contributed by atoms with Gasteiger partial charge in [0.05, 0.1) is 12.2 Å². The second-order valence-corrected chi connectivity index (χ2v) is 5.26. The third kappa shape index (κ3) is 2.97. The van der Waals surface area contributed by atoms with Crippen molar-refractivity contribution in [3.05, 3.63) is 24.0 Å². The summed E-state index contributed by atoms with van der Waals surface area (Å²) in [5.41, 5.74) is 0.811. The van der Waals surface area contributed by atoms with E-state index in [9.17, 15) is 4.79 Å². The van der Waals surface area contributed by atoms with Crippen LogP contribution < -0.4 is 0 Å². The molecule has 3 heteroatoms. The van der Waals surface area contributed by atoms with Crippen molar-refractivity contribution in [2.24, 2.45) is 5.92 Å². The van der Waals surface area contributed by atoms with Crippen LogP contribution >= 0.6 is 0 Å². The fourth-order valence-corrected chi connectivity index (χ4v) is 2.29. The van der Waals surface area contributed by atoms with Gasteiger partial charge in [0.15, 0.2) is 5.78 Å². The molecule has 2 heterocycles. The molecular weight excluding hydrogens is 214 g/mol. The molecule has 1 aliphatic heterocycles. The normalized spacial score (nSPS) is 24.5. The van der Waals surface area contributed by atoms with Gasteiger partial charge < -0.3 is 9.30 Å². The van der Waals surface area contributed by atoms with Crippen molar-refractivity contribution in [1.29, 1.82) is 0 Å². The van der Waals surface area contributed by atoms with Crippen LogP contribution in [0.25, 0.3) is 0 Å². The highest BCUT2D eigenvalue weighted by Crippen LogP contribution is 2.21. The van der Waals surface area contributed by atoms with E-state index in [0.717, 1.165) is 24.9 Å². The molecular formula is C14H21NO2. The van der Waals surface area contributed by atoms with Crippen LogP contribution in [0.1, 0.15) is 44.0 Å². The Morgan fingerprint density at radius 3 is 2.88 bits per heavy atom. The SMILES string of the molecule is CC1CCC(Cn2ccc(C(=O)C(C)C)c2)O1. The van der Waals surface area contributed by atoms with Gasteiger partial charge in [-0.2, -0.15) is 0 Å². The van der Waals surface area contributed by atoms with Gasteiger partial charge in [0.25, 0.3) is 0 Å². The molecule has 1 aliphatic rings. The maximum absolute atomic E-state index is 11.8. The number of carbonyl (C=O) groups excluding carboxylic acids is 1. The smallest absolute Gasteiger partial charge is 0.166 e. The number of hydrogen-bond donors (Lipinski definition) is 0. The van der Waals surface area contributed by atoms with Crippen LogP contribution in [-0.2, 0) is 11.3 Å².